The molecule has 1 atom stereocenters. The number of hydrogen-bond donors (Lipinski definition) is 1. The molecule has 0 aliphatic carbocycles. The molecule has 0 aliphatic heterocycles. The molecule has 3 rings (SSSR count). The van der Waals surface area contributed by atoms with E-state index in [1.54, 1.807) is 0 Å². The van der Waals surface area contributed by atoms with Crippen LogP contribution in [0.3, 0.4) is 0 Å². The number of hydrogen-bond acceptors (Lipinski definition) is 3. The van der Waals surface area contributed by atoms with Crippen LogP contribution in [0.25, 0.3) is 10.8 Å². The van der Waals surface area contributed by atoms with Gasteiger partial charge in [0.1, 0.15) is 0 Å². The Morgan fingerprint density at radius 2 is 1.67 bits per heavy atom. The summed E-state index contributed by atoms with van der Waals surface area (Å²) in [6.45, 7) is 6.73. The van der Waals surface area contributed by atoms with E-state index < -0.39 is 5.41 Å². The van der Waals surface area contributed by atoms with Gasteiger partial charge in [0.2, 0.25) is 0 Å². The summed E-state index contributed by atoms with van der Waals surface area (Å²) in [5.41, 5.74) is 2.81. The van der Waals surface area contributed by atoms with Crippen molar-refractivity contribution in [3.05, 3.63) is 83.4 Å². The molecule has 3 heteroatoms. The van der Waals surface area contributed by atoms with E-state index in [1.165, 1.54) is 29.0 Å². The van der Waals surface area contributed by atoms with Crippen LogP contribution in [-0.2, 0) is 21.5 Å². The molecule has 0 aromatic heterocycles. The number of esters is 1. The van der Waals surface area contributed by atoms with Crippen molar-refractivity contribution < 1.29 is 9.53 Å². The number of nitrogens with one attached hydrogen (secondary N) is 1. The van der Waals surface area contributed by atoms with E-state index in [0.717, 1.165) is 12.1 Å². The van der Waals surface area contributed by atoms with Crippen molar-refractivity contribution >= 4 is 16.7 Å². The number of methoxy groups -OCH3 is 1. The van der Waals surface area contributed by atoms with Crippen LogP contribution in [0.2, 0.25) is 0 Å². The normalized spacial score (nSPS) is 12.7. The Morgan fingerprint density at radius 1 is 1.00 bits per heavy atom. The van der Waals surface area contributed by atoms with Crippen LogP contribution in [0.15, 0.2) is 66.7 Å². The van der Waals surface area contributed by atoms with E-state index in [9.17, 15) is 4.79 Å². The minimum absolute atomic E-state index is 0.224. The minimum atomic E-state index is -0.642. The summed E-state index contributed by atoms with van der Waals surface area (Å²) in [6, 6.07) is 23.3. The van der Waals surface area contributed by atoms with Gasteiger partial charge in [0, 0.05) is 12.6 Å². The highest BCUT2D eigenvalue weighted by molar-refractivity contribution is 5.86. The third kappa shape index (κ3) is 4.04. The van der Waals surface area contributed by atoms with Gasteiger partial charge in [-0.1, -0.05) is 66.7 Å². The topological polar surface area (TPSA) is 38.3 Å². The fraction of sp³-hybridized carbons (Fsp3) is 0.292. The van der Waals surface area contributed by atoms with Crippen molar-refractivity contribution in [2.45, 2.75) is 38.8 Å². The number of carbonyl (C=O) groups excluding carboxylic acids is 1. The predicted molar refractivity (Wildman–Crippen MR) is 111 cm³/mol. The summed E-state index contributed by atoms with van der Waals surface area (Å²) in [6.07, 6.45) is 0. The first kappa shape index (κ1) is 19.1. The van der Waals surface area contributed by atoms with Crippen LogP contribution < -0.4 is 5.32 Å². The Balaban J connectivity index is 1.70. The van der Waals surface area contributed by atoms with Gasteiger partial charge in [0.25, 0.3) is 0 Å². The number of ether oxygens (including phenoxy) is 1. The zero-order valence-corrected chi connectivity index (χ0v) is 16.5. The fourth-order valence-corrected chi connectivity index (χ4v) is 3.42. The van der Waals surface area contributed by atoms with Gasteiger partial charge in [-0.3, -0.25) is 4.79 Å². The molecule has 0 spiro atoms. The van der Waals surface area contributed by atoms with Crippen LogP contribution in [0.4, 0.5) is 0 Å². The molecular formula is C24H27NO2. The lowest BCUT2D eigenvalue weighted by molar-refractivity contribution is -0.146. The van der Waals surface area contributed by atoms with E-state index >= 15 is 0 Å². The van der Waals surface area contributed by atoms with Gasteiger partial charge in [-0.25, -0.2) is 0 Å². The SMILES string of the molecule is COC(=O)C(C)(C)c1ccc(CN[C@H](C)c2cccc3ccccc23)cc1. The van der Waals surface area contributed by atoms with Gasteiger partial charge in [0.05, 0.1) is 12.5 Å². The monoisotopic (exact) mass is 361 g/mol. The number of rotatable bonds is 6. The molecule has 3 aromatic carbocycles. The average molecular weight is 361 g/mol. The molecular weight excluding hydrogens is 334 g/mol. The Labute approximate surface area is 161 Å². The highest BCUT2D eigenvalue weighted by Crippen LogP contribution is 2.26. The second-order valence-corrected chi connectivity index (χ2v) is 7.48. The number of fused-ring (bicyclic) bond motifs is 1. The van der Waals surface area contributed by atoms with E-state index in [1.807, 2.05) is 26.0 Å². The molecule has 0 aliphatic rings. The molecule has 0 bridgehead atoms. The van der Waals surface area contributed by atoms with E-state index in [2.05, 4.69) is 66.8 Å². The van der Waals surface area contributed by atoms with Crippen LogP contribution in [0, 0.1) is 0 Å². The van der Waals surface area contributed by atoms with Gasteiger partial charge in [0.15, 0.2) is 0 Å². The maximum atomic E-state index is 12.0. The molecule has 0 heterocycles. The second kappa shape index (κ2) is 7.93. The van der Waals surface area contributed by atoms with Gasteiger partial charge in [-0.15, -0.1) is 0 Å². The third-order valence-corrected chi connectivity index (χ3v) is 5.27. The third-order valence-electron chi connectivity index (χ3n) is 5.27. The minimum Gasteiger partial charge on any atom is -0.468 e. The second-order valence-electron chi connectivity index (χ2n) is 7.48. The fourth-order valence-electron chi connectivity index (χ4n) is 3.42. The first-order chi connectivity index (χ1) is 12.9. The highest BCUT2D eigenvalue weighted by Gasteiger charge is 2.30. The van der Waals surface area contributed by atoms with Gasteiger partial charge in [-0.05, 0) is 48.2 Å². The van der Waals surface area contributed by atoms with Crippen molar-refractivity contribution in [3.63, 3.8) is 0 Å². The highest BCUT2D eigenvalue weighted by atomic mass is 16.5. The summed E-state index contributed by atoms with van der Waals surface area (Å²) in [5.74, 6) is -0.224. The van der Waals surface area contributed by atoms with Crippen LogP contribution >= 0.6 is 0 Å². The Bertz CT molecular complexity index is 923. The Hall–Kier alpha value is -2.65. The molecule has 0 radical (unpaired) electrons. The van der Waals surface area contributed by atoms with Crippen LogP contribution in [-0.4, -0.2) is 13.1 Å². The van der Waals surface area contributed by atoms with E-state index in [-0.39, 0.29) is 12.0 Å². The summed E-state index contributed by atoms with van der Waals surface area (Å²) >= 11 is 0. The standard InChI is InChI=1S/C24H27NO2/c1-17(21-11-7-9-19-8-5-6-10-22(19)21)25-16-18-12-14-20(15-13-18)24(2,3)23(26)27-4/h5-15,17,25H,16H2,1-4H3/t17-/m1/s1. The summed E-state index contributed by atoms with van der Waals surface area (Å²) in [4.78, 5) is 12.0. The molecule has 27 heavy (non-hydrogen) atoms. The smallest absolute Gasteiger partial charge is 0.315 e. The molecule has 0 unspecified atom stereocenters. The van der Waals surface area contributed by atoms with E-state index in [0.29, 0.717) is 0 Å². The summed E-state index contributed by atoms with van der Waals surface area (Å²) in [7, 11) is 1.43. The van der Waals surface area contributed by atoms with Crippen molar-refractivity contribution in [2.24, 2.45) is 0 Å². The molecule has 0 fully saturated rings. The molecule has 3 aromatic rings. The lowest BCUT2D eigenvalue weighted by Gasteiger charge is -2.22. The zero-order chi connectivity index (χ0) is 19.4. The van der Waals surface area contributed by atoms with E-state index in [4.69, 9.17) is 4.74 Å². The van der Waals surface area contributed by atoms with Gasteiger partial charge < -0.3 is 10.1 Å². The number of carbonyl (C=O) groups is 1. The first-order valence-electron chi connectivity index (χ1n) is 9.32. The quantitative estimate of drug-likeness (QED) is 0.618. The van der Waals surface area contributed by atoms with Crippen LogP contribution in [0.5, 0.6) is 0 Å². The summed E-state index contributed by atoms with van der Waals surface area (Å²) < 4.78 is 4.91. The summed E-state index contributed by atoms with van der Waals surface area (Å²) in [5, 5.41) is 6.16. The molecule has 0 amide bonds. The van der Waals surface area contributed by atoms with Gasteiger partial charge in [-0.2, -0.15) is 0 Å². The zero-order valence-electron chi connectivity index (χ0n) is 16.5. The molecule has 0 saturated heterocycles. The molecule has 140 valence electrons. The largest absolute Gasteiger partial charge is 0.468 e. The maximum absolute atomic E-state index is 12.0. The predicted octanol–water partition coefficient (Wildman–Crippen LogP) is 5.14. The van der Waals surface area contributed by atoms with Crippen molar-refractivity contribution in [1.29, 1.82) is 0 Å². The number of benzene rings is 3. The first-order valence-corrected chi connectivity index (χ1v) is 9.32. The van der Waals surface area contributed by atoms with Crippen molar-refractivity contribution in [2.75, 3.05) is 7.11 Å². The lowest BCUT2D eigenvalue weighted by Crippen LogP contribution is -2.30. The van der Waals surface area contributed by atoms with Crippen LogP contribution in [0.1, 0.15) is 43.5 Å². The molecule has 3 nitrogen and oxygen atoms in total. The molecule has 1 N–H and O–H groups in total. The van der Waals surface area contributed by atoms with Gasteiger partial charge >= 0.3 is 5.97 Å². The average Bonchev–Trinajstić information content (AvgIpc) is 2.71. The maximum Gasteiger partial charge on any atom is 0.315 e. The van der Waals surface area contributed by atoms with Crippen molar-refractivity contribution in [3.8, 4) is 0 Å². The molecule has 0 saturated carbocycles. The lowest BCUT2D eigenvalue weighted by atomic mass is 9.84. The Morgan fingerprint density at radius 3 is 2.37 bits per heavy atom. The van der Waals surface area contributed by atoms with Crippen molar-refractivity contribution in [1.82, 2.24) is 5.32 Å². The Kier molecular flexibility index (Phi) is 5.62.